The minimum atomic E-state index is -2.94. The zero-order valence-corrected chi connectivity index (χ0v) is 13.8. The summed E-state index contributed by atoms with van der Waals surface area (Å²) in [5.41, 5.74) is 1.12. The Hall–Kier alpha value is -2.93. The molecule has 8 heteroatoms. The number of alkyl halides is 2. The topological polar surface area (TPSA) is 59.8 Å². The Labute approximate surface area is 150 Å². The van der Waals surface area contributed by atoms with E-state index in [0.29, 0.717) is 27.4 Å². The number of hydrogen-bond donors (Lipinski definition) is 0. The largest absolute Gasteiger partial charge is 0.451 e. The van der Waals surface area contributed by atoms with E-state index in [1.54, 1.807) is 18.2 Å². The van der Waals surface area contributed by atoms with Crippen molar-refractivity contribution in [1.82, 2.24) is 0 Å². The third-order valence-electron chi connectivity index (χ3n) is 3.98. The van der Waals surface area contributed by atoms with Crippen LogP contribution in [0.5, 0.6) is 5.75 Å². The van der Waals surface area contributed by atoms with Gasteiger partial charge in [-0.25, -0.2) is 0 Å². The summed E-state index contributed by atoms with van der Waals surface area (Å²) >= 11 is 6.04. The molecule has 5 nitrogen and oxygen atoms in total. The average Bonchev–Trinajstić information content (AvgIpc) is 2.95. The van der Waals surface area contributed by atoms with Crippen molar-refractivity contribution in [2.75, 3.05) is 4.90 Å². The van der Waals surface area contributed by atoms with E-state index >= 15 is 0 Å². The zero-order valence-electron chi connectivity index (χ0n) is 13.0. The number of furan rings is 1. The highest BCUT2D eigenvalue weighted by Gasteiger charge is 2.36. The van der Waals surface area contributed by atoms with Crippen molar-refractivity contribution in [3.05, 3.63) is 53.2 Å². The lowest BCUT2D eigenvalue weighted by Crippen LogP contribution is -2.33. The van der Waals surface area contributed by atoms with E-state index in [1.165, 1.54) is 29.2 Å². The maximum atomic E-state index is 12.5. The average molecular weight is 378 g/mol. The molecule has 0 unspecified atom stereocenters. The predicted molar refractivity (Wildman–Crippen MR) is 90.4 cm³/mol. The van der Waals surface area contributed by atoms with E-state index in [4.69, 9.17) is 16.0 Å². The number of fused-ring (bicyclic) bond motifs is 3. The molecule has 26 heavy (non-hydrogen) atoms. The number of carbonyl (C=O) groups excluding carboxylic acids is 2. The van der Waals surface area contributed by atoms with Gasteiger partial charge < -0.3 is 9.15 Å². The van der Waals surface area contributed by atoms with Crippen LogP contribution >= 0.6 is 11.6 Å². The van der Waals surface area contributed by atoms with Crippen LogP contribution in [0.15, 0.2) is 46.9 Å². The molecule has 2 aromatic carbocycles. The van der Waals surface area contributed by atoms with Gasteiger partial charge in [-0.2, -0.15) is 8.78 Å². The molecule has 0 fully saturated rings. The highest BCUT2D eigenvalue weighted by atomic mass is 35.5. The first-order valence-electron chi connectivity index (χ1n) is 7.57. The number of hydrogen-bond acceptors (Lipinski definition) is 4. The normalized spacial score (nSPS) is 14.2. The number of ether oxygens (including phenoxy) is 1. The Morgan fingerprint density at radius 1 is 1.12 bits per heavy atom. The summed E-state index contributed by atoms with van der Waals surface area (Å²) in [7, 11) is 0. The molecule has 0 atom stereocenters. The summed E-state index contributed by atoms with van der Waals surface area (Å²) in [6.45, 7) is -2.94. The van der Waals surface area contributed by atoms with Crippen LogP contribution in [0.25, 0.3) is 11.0 Å². The molecular formula is C18H10ClF2NO4. The molecule has 1 aromatic heterocycles. The summed E-state index contributed by atoms with van der Waals surface area (Å²) in [5, 5.41) is 0.939. The van der Waals surface area contributed by atoms with Crippen molar-refractivity contribution in [3.63, 3.8) is 0 Å². The number of nitrogens with zero attached hydrogens (tertiary/aromatic N) is 1. The van der Waals surface area contributed by atoms with Gasteiger partial charge in [-0.15, -0.1) is 0 Å². The Morgan fingerprint density at radius 3 is 2.54 bits per heavy atom. The van der Waals surface area contributed by atoms with Crippen molar-refractivity contribution >= 4 is 45.6 Å². The minimum absolute atomic E-state index is 0.0374. The number of rotatable bonds is 3. The minimum Gasteiger partial charge on any atom is -0.451 e. The van der Waals surface area contributed by atoms with Gasteiger partial charge in [0, 0.05) is 16.1 Å². The Balaban J connectivity index is 1.86. The number of carbonyl (C=O) groups is 2. The lowest BCUT2D eigenvalue weighted by Gasteiger charge is -2.26. The first-order chi connectivity index (χ1) is 12.4. The molecule has 2 heterocycles. The molecule has 4 rings (SSSR count). The van der Waals surface area contributed by atoms with Gasteiger partial charge in [0.2, 0.25) is 11.7 Å². The third-order valence-corrected chi connectivity index (χ3v) is 4.22. The number of amides is 1. The monoisotopic (exact) mass is 377 g/mol. The highest BCUT2D eigenvalue weighted by molar-refractivity contribution is 6.32. The van der Waals surface area contributed by atoms with Crippen LogP contribution in [0.3, 0.4) is 0 Å². The zero-order chi connectivity index (χ0) is 18.4. The SMILES string of the molecule is O=C1CC(=O)N(c2ccc(OC(F)F)cc2)c2c1oc1ccc(Cl)cc21. The van der Waals surface area contributed by atoms with Gasteiger partial charge in [0.1, 0.15) is 17.0 Å². The van der Waals surface area contributed by atoms with E-state index in [1.807, 2.05) is 0 Å². The summed E-state index contributed by atoms with van der Waals surface area (Å²) in [6, 6.07) is 10.4. The van der Waals surface area contributed by atoms with Gasteiger partial charge in [-0.3, -0.25) is 14.5 Å². The molecule has 0 N–H and O–H groups in total. The molecule has 1 amide bonds. The van der Waals surface area contributed by atoms with Gasteiger partial charge in [-0.05, 0) is 42.5 Å². The van der Waals surface area contributed by atoms with Crippen LogP contribution < -0.4 is 9.64 Å². The van der Waals surface area contributed by atoms with E-state index in [-0.39, 0.29) is 17.9 Å². The summed E-state index contributed by atoms with van der Waals surface area (Å²) in [5.74, 6) is -0.849. The molecule has 0 saturated heterocycles. The molecule has 3 aromatic rings. The highest BCUT2D eigenvalue weighted by Crippen LogP contribution is 2.42. The van der Waals surface area contributed by atoms with Crippen LogP contribution in [0.1, 0.15) is 17.0 Å². The first kappa shape index (κ1) is 16.5. The third kappa shape index (κ3) is 2.70. The lowest BCUT2D eigenvalue weighted by atomic mass is 10.0. The molecule has 0 saturated carbocycles. The molecule has 0 bridgehead atoms. The summed E-state index contributed by atoms with van der Waals surface area (Å²) < 4.78 is 34.5. The summed E-state index contributed by atoms with van der Waals surface area (Å²) in [6.07, 6.45) is -0.351. The predicted octanol–water partition coefficient (Wildman–Crippen LogP) is 4.94. The van der Waals surface area contributed by atoms with Crippen molar-refractivity contribution in [2.24, 2.45) is 0 Å². The number of ketones is 1. The van der Waals surface area contributed by atoms with Crippen LogP contribution in [-0.2, 0) is 4.79 Å². The van der Waals surface area contributed by atoms with Gasteiger partial charge in [0.05, 0.1) is 6.42 Å². The second kappa shape index (κ2) is 6.10. The molecule has 0 aliphatic carbocycles. The fraction of sp³-hybridized carbons (Fsp3) is 0.111. The van der Waals surface area contributed by atoms with E-state index in [0.717, 1.165) is 0 Å². The van der Waals surface area contributed by atoms with Gasteiger partial charge >= 0.3 is 6.61 Å². The molecule has 132 valence electrons. The Kier molecular flexibility index (Phi) is 3.88. The second-order valence-corrected chi connectivity index (χ2v) is 6.06. The first-order valence-corrected chi connectivity index (χ1v) is 7.95. The van der Waals surface area contributed by atoms with Crippen molar-refractivity contribution in [1.29, 1.82) is 0 Å². The van der Waals surface area contributed by atoms with E-state index in [9.17, 15) is 18.4 Å². The number of Topliss-reactive ketones (excluding diaryl/α,β-unsaturated/α-hetero) is 1. The van der Waals surface area contributed by atoms with Crippen molar-refractivity contribution in [3.8, 4) is 5.75 Å². The van der Waals surface area contributed by atoms with Crippen molar-refractivity contribution < 1.29 is 27.5 Å². The number of halogens is 3. The van der Waals surface area contributed by atoms with Crippen LogP contribution in [0.4, 0.5) is 20.2 Å². The standard InChI is InChI=1S/C18H10ClF2NO4/c19-9-1-6-14-12(7-9)16-17(26-14)13(23)8-15(24)22(16)10-2-4-11(5-3-10)25-18(20)21/h1-7,18H,8H2. The van der Waals surface area contributed by atoms with Gasteiger partial charge in [0.25, 0.3) is 0 Å². The quantitative estimate of drug-likeness (QED) is 0.607. The molecular weight excluding hydrogens is 368 g/mol. The Morgan fingerprint density at radius 2 is 1.85 bits per heavy atom. The second-order valence-electron chi connectivity index (χ2n) is 5.62. The maximum absolute atomic E-state index is 12.5. The molecule has 0 radical (unpaired) electrons. The van der Waals surface area contributed by atoms with Crippen LogP contribution in [0, 0.1) is 0 Å². The summed E-state index contributed by atoms with van der Waals surface area (Å²) in [4.78, 5) is 26.1. The number of anilines is 2. The fourth-order valence-electron chi connectivity index (χ4n) is 2.94. The van der Waals surface area contributed by atoms with Crippen LogP contribution in [0.2, 0.25) is 5.02 Å². The van der Waals surface area contributed by atoms with E-state index < -0.39 is 18.3 Å². The molecule has 1 aliphatic heterocycles. The lowest BCUT2D eigenvalue weighted by molar-refractivity contribution is -0.117. The molecule has 1 aliphatic rings. The Bertz CT molecular complexity index is 1030. The van der Waals surface area contributed by atoms with Crippen LogP contribution in [-0.4, -0.2) is 18.3 Å². The van der Waals surface area contributed by atoms with Crippen molar-refractivity contribution in [2.45, 2.75) is 13.0 Å². The molecule has 0 spiro atoms. The smallest absolute Gasteiger partial charge is 0.387 e. The van der Waals surface area contributed by atoms with E-state index in [2.05, 4.69) is 4.74 Å². The fourth-order valence-corrected chi connectivity index (χ4v) is 3.11. The maximum Gasteiger partial charge on any atom is 0.387 e. The van der Waals surface area contributed by atoms with Gasteiger partial charge in [0.15, 0.2) is 5.76 Å². The number of benzene rings is 2. The van der Waals surface area contributed by atoms with Gasteiger partial charge in [-0.1, -0.05) is 11.6 Å².